The topological polar surface area (TPSA) is 37.4 Å². The van der Waals surface area contributed by atoms with Gasteiger partial charge in [0.1, 0.15) is 0 Å². The summed E-state index contributed by atoms with van der Waals surface area (Å²) >= 11 is 0. The van der Waals surface area contributed by atoms with Gasteiger partial charge in [-0.15, -0.1) is 0 Å². The average molecular weight is 606 g/mol. The lowest BCUT2D eigenvalue weighted by atomic mass is 9.98. The molecule has 6 aromatic rings. The second-order valence-corrected chi connectivity index (χ2v) is 11.3. The minimum Gasteiger partial charge on any atom is -0.309 e. The van der Waals surface area contributed by atoms with E-state index >= 15 is 0 Å². The number of benzene rings is 6. The van der Waals surface area contributed by atoms with Crippen molar-refractivity contribution in [2.24, 2.45) is 0 Å². The molecule has 7 rings (SSSR count). The van der Waals surface area contributed by atoms with Crippen LogP contribution in [0.3, 0.4) is 0 Å². The molecular weight excluding hydrogens is 574 g/mol. The van der Waals surface area contributed by atoms with Gasteiger partial charge < -0.3 is 4.90 Å². The lowest BCUT2D eigenvalue weighted by Crippen LogP contribution is -2.12. The van der Waals surface area contributed by atoms with Crippen LogP contribution < -0.4 is 4.90 Å². The summed E-state index contributed by atoms with van der Waals surface area (Å²) in [6.07, 6.45) is 4.52. The number of carbonyl (C=O) groups is 2. The highest BCUT2D eigenvalue weighted by atomic mass is 16.2. The fraction of sp³-hybridized carbons (Fsp3) is 0. The summed E-state index contributed by atoms with van der Waals surface area (Å²) in [5.41, 5.74) is 9.14. The second-order valence-electron chi connectivity index (χ2n) is 11.3. The number of ketones is 2. The lowest BCUT2D eigenvalue weighted by molar-refractivity contribution is -0.115. The average Bonchev–Trinajstić information content (AvgIpc) is 3.36. The van der Waals surface area contributed by atoms with E-state index in [0.29, 0.717) is 11.1 Å². The van der Waals surface area contributed by atoms with Gasteiger partial charge in [0.25, 0.3) is 0 Å². The summed E-state index contributed by atoms with van der Waals surface area (Å²) in [4.78, 5) is 28.3. The number of fused-ring (bicyclic) bond motifs is 1. The van der Waals surface area contributed by atoms with Crippen molar-refractivity contribution in [3.8, 4) is 22.3 Å². The highest BCUT2D eigenvalue weighted by molar-refractivity contribution is 6.41. The third-order valence-corrected chi connectivity index (χ3v) is 8.55. The number of Topliss-reactive ketones (excluding diaryl/α,β-unsaturated/α-hetero) is 2. The number of rotatable bonds is 8. The van der Waals surface area contributed by atoms with Crippen LogP contribution >= 0.6 is 0 Å². The number of hydrogen-bond acceptors (Lipinski definition) is 3. The van der Waals surface area contributed by atoms with Crippen molar-refractivity contribution in [2.75, 3.05) is 4.90 Å². The SMILES string of the molecule is C=CC1=C(C=C)C(=O)C(=Cc2ccc3cc(N(c4ccccc4-c4ccccc4)c4ccccc4-c4ccccc4)ccc3c2)C1=O. The molecule has 0 heterocycles. The first-order valence-corrected chi connectivity index (χ1v) is 15.5. The minimum absolute atomic E-state index is 0.131. The van der Waals surface area contributed by atoms with Crippen molar-refractivity contribution in [3.05, 3.63) is 193 Å². The van der Waals surface area contributed by atoms with Gasteiger partial charge >= 0.3 is 0 Å². The first-order valence-electron chi connectivity index (χ1n) is 15.5. The Morgan fingerprint density at radius 3 is 1.49 bits per heavy atom. The van der Waals surface area contributed by atoms with E-state index in [1.54, 1.807) is 6.08 Å². The monoisotopic (exact) mass is 605 g/mol. The molecule has 0 unspecified atom stereocenters. The van der Waals surface area contributed by atoms with Crippen LogP contribution in [0, 0.1) is 0 Å². The molecule has 0 saturated carbocycles. The molecule has 6 aromatic carbocycles. The predicted molar refractivity (Wildman–Crippen MR) is 195 cm³/mol. The van der Waals surface area contributed by atoms with E-state index in [0.717, 1.165) is 55.7 Å². The molecule has 0 aliphatic heterocycles. The van der Waals surface area contributed by atoms with Crippen LogP contribution in [0.15, 0.2) is 188 Å². The smallest absolute Gasteiger partial charge is 0.197 e. The maximum atomic E-state index is 13.0. The van der Waals surface area contributed by atoms with E-state index in [-0.39, 0.29) is 17.1 Å². The van der Waals surface area contributed by atoms with Crippen LogP contribution in [-0.4, -0.2) is 11.6 Å². The first kappa shape index (κ1) is 29.4. The predicted octanol–water partition coefficient (Wildman–Crippen LogP) is 10.8. The van der Waals surface area contributed by atoms with Gasteiger partial charge in [0.05, 0.1) is 16.9 Å². The zero-order valence-corrected chi connectivity index (χ0v) is 25.8. The van der Waals surface area contributed by atoms with E-state index in [2.05, 4.69) is 133 Å². The zero-order valence-electron chi connectivity index (χ0n) is 25.8. The Morgan fingerprint density at radius 2 is 0.957 bits per heavy atom. The number of hydrogen-bond donors (Lipinski definition) is 0. The molecule has 0 aromatic heterocycles. The molecule has 47 heavy (non-hydrogen) atoms. The molecule has 0 radical (unpaired) electrons. The Labute approximate surface area is 274 Å². The van der Waals surface area contributed by atoms with Crippen molar-refractivity contribution >= 4 is 45.5 Å². The molecule has 1 aliphatic carbocycles. The Morgan fingerprint density at radius 1 is 0.489 bits per heavy atom. The molecular formula is C44H31NO2. The molecule has 3 nitrogen and oxygen atoms in total. The highest BCUT2D eigenvalue weighted by Crippen LogP contribution is 2.45. The fourth-order valence-electron chi connectivity index (χ4n) is 6.29. The zero-order chi connectivity index (χ0) is 32.3. The van der Waals surface area contributed by atoms with Gasteiger partial charge in [-0.25, -0.2) is 0 Å². The van der Waals surface area contributed by atoms with Crippen LogP contribution in [0.4, 0.5) is 17.1 Å². The largest absolute Gasteiger partial charge is 0.309 e. The van der Waals surface area contributed by atoms with Crippen LogP contribution in [0.25, 0.3) is 39.1 Å². The molecule has 224 valence electrons. The molecule has 0 amide bonds. The quantitative estimate of drug-likeness (QED) is 0.128. The van der Waals surface area contributed by atoms with E-state index < -0.39 is 0 Å². The van der Waals surface area contributed by atoms with Crippen LogP contribution in [-0.2, 0) is 9.59 Å². The van der Waals surface area contributed by atoms with Crippen molar-refractivity contribution < 1.29 is 9.59 Å². The van der Waals surface area contributed by atoms with Crippen molar-refractivity contribution in [1.29, 1.82) is 0 Å². The van der Waals surface area contributed by atoms with Crippen LogP contribution in [0.2, 0.25) is 0 Å². The molecule has 0 bridgehead atoms. The van der Waals surface area contributed by atoms with Gasteiger partial charge in [0.15, 0.2) is 11.6 Å². The summed E-state index contributed by atoms with van der Waals surface area (Å²) in [6.45, 7) is 7.42. The van der Waals surface area contributed by atoms with Crippen LogP contribution in [0.5, 0.6) is 0 Å². The van der Waals surface area contributed by atoms with E-state index in [1.807, 2.05) is 30.3 Å². The van der Waals surface area contributed by atoms with Crippen molar-refractivity contribution in [2.45, 2.75) is 0 Å². The number of allylic oxidation sites excluding steroid dienone is 5. The van der Waals surface area contributed by atoms with E-state index in [9.17, 15) is 9.59 Å². The van der Waals surface area contributed by atoms with Gasteiger partial charge in [-0.1, -0.05) is 141 Å². The number of para-hydroxylation sites is 2. The Balaban J connectivity index is 1.37. The Hall–Kier alpha value is -6.32. The van der Waals surface area contributed by atoms with Crippen molar-refractivity contribution in [1.82, 2.24) is 0 Å². The maximum absolute atomic E-state index is 13.0. The minimum atomic E-state index is -0.319. The second kappa shape index (κ2) is 12.6. The molecule has 0 fully saturated rings. The van der Waals surface area contributed by atoms with Gasteiger partial charge in [0, 0.05) is 28.0 Å². The summed E-state index contributed by atoms with van der Waals surface area (Å²) in [7, 11) is 0. The Bertz CT molecular complexity index is 2140. The molecule has 0 saturated heterocycles. The fourth-order valence-corrected chi connectivity index (χ4v) is 6.29. The maximum Gasteiger partial charge on any atom is 0.197 e. The molecule has 1 aliphatic rings. The normalized spacial score (nSPS) is 12.8. The van der Waals surface area contributed by atoms with Gasteiger partial charge in [-0.3, -0.25) is 9.59 Å². The van der Waals surface area contributed by atoms with E-state index in [1.165, 1.54) is 12.2 Å². The van der Waals surface area contributed by atoms with Gasteiger partial charge in [-0.05, 0) is 63.9 Å². The standard InChI is InChI=1S/C44H31NO2/c1-3-36-37(4-2)44(47)40(43(36)46)28-30-23-24-34-29-35(26-25-33(34)27-30)45(41-21-13-11-19-38(41)31-15-7-5-8-16-31)42-22-14-12-20-39(42)32-17-9-6-10-18-32/h3-29H,1-2H2. The summed E-state index contributed by atoms with van der Waals surface area (Å²) in [5.74, 6) is -0.639. The number of carbonyl (C=O) groups excluding carboxylic acids is 2. The Kier molecular flexibility index (Phi) is 7.87. The first-order chi connectivity index (χ1) is 23.1. The molecule has 0 N–H and O–H groups in total. The highest BCUT2D eigenvalue weighted by Gasteiger charge is 2.32. The number of anilines is 3. The summed E-state index contributed by atoms with van der Waals surface area (Å²) < 4.78 is 0. The van der Waals surface area contributed by atoms with E-state index in [4.69, 9.17) is 0 Å². The number of nitrogens with zero attached hydrogens (tertiary/aromatic N) is 1. The molecule has 3 heteroatoms. The van der Waals surface area contributed by atoms with Gasteiger partial charge in [-0.2, -0.15) is 0 Å². The summed E-state index contributed by atoms with van der Waals surface area (Å²) in [6, 6.07) is 50.3. The van der Waals surface area contributed by atoms with Crippen LogP contribution in [0.1, 0.15) is 5.56 Å². The molecule has 0 spiro atoms. The van der Waals surface area contributed by atoms with Gasteiger partial charge in [0.2, 0.25) is 0 Å². The lowest BCUT2D eigenvalue weighted by Gasteiger charge is -2.30. The van der Waals surface area contributed by atoms with Crippen molar-refractivity contribution in [3.63, 3.8) is 0 Å². The third kappa shape index (κ3) is 5.45. The summed E-state index contributed by atoms with van der Waals surface area (Å²) in [5, 5.41) is 2.03. The molecule has 0 atom stereocenters. The third-order valence-electron chi connectivity index (χ3n) is 8.55.